The summed E-state index contributed by atoms with van der Waals surface area (Å²) in [6, 6.07) is 7.76. The number of hydrogen-bond donors (Lipinski definition) is 2. The number of nitrogens with one attached hydrogen (secondary N) is 1. The minimum Gasteiger partial charge on any atom is -0.396 e. The molecule has 0 radical (unpaired) electrons. The molecule has 0 spiro atoms. The fourth-order valence-electron chi connectivity index (χ4n) is 1.43. The predicted octanol–water partition coefficient (Wildman–Crippen LogP) is 2.69. The Balaban J connectivity index is 2.24. The van der Waals surface area contributed by atoms with E-state index in [-0.39, 0.29) is 12.5 Å². The fourth-order valence-corrected chi connectivity index (χ4v) is 2.43. The van der Waals surface area contributed by atoms with Gasteiger partial charge in [-0.25, -0.2) is 0 Å². The molecule has 0 saturated carbocycles. The Kier molecular flexibility index (Phi) is 6.83. The second-order valence-corrected chi connectivity index (χ2v) is 5.63. The SMILES string of the molecule is Cc1ccccc1NC(=O)CCSC[C@@H](C)CO. The van der Waals surface area contributed by atoms with E-state index in [1.54, 1.807) is 11.8 Å². The molecule has 2 N–H and O–H groups in total. The maximum absolute atomic E-state index is 11.7. The first-order chi connectivity index (χ1) is 8.63. The van der Waals surface area contributed by atoms with Crippen molar-refractivity contribution in [1.82, 2.24) is 0 Å². The number of benzene rings is 1. The lowest BCUT2D eigenvalue weighted by atomic mass is 10.2. The van der Waals surface area contributed by atoms with Gasteiger partial charge in [0.1, 0.15) is 0 Å². The van der Waals surface area contributed by atoms with Gasteiger partial charge in [0.25, 0.3) is 0 Å². The minimum absolute atomic E-state index is 0.0495. The van der Waals surface area contributed by atoms with Gasteiger partial charge in [0.05, 0.1) is 0 Å². The molecule has 1 rings (SSSR count). The van der Waals surface area contributed by atoms with Crippen LogP contribution in [0.4, 0.5) is 5.69 Å². The number of rotatable bonds is 7. The minimum atomic E-state index is 0.0495. The van der Waals surface area contributed by atoms with Crippen molar-refractivity contribution >= 4 is 23.4 Å². The van der Waals surface area contributed by atoms with Crippen LogP contribution >= 0.6 is 11.8 Å². The van der Waals surface area contributed by atoms with Crippen LogP contribution in [-0.2, 0) is 4.79 Å². The highest BCUT2D eigenvalue weighted by molar-refractivity contribution is 7.99. The lowest BCUT2D eigenvalue weighted by Gasteiger charge is -2.09. The summed E-state index contributed by atoms with van der Waals surface area (Å²) in [5.41, 5.74) is 1.96. The quantitative estimate of drug-likeness (QED) is 0.747. The van der Waals surface area contributed by atoms with Crippen LogP contribution < -0.4 is 5.32 Å². The van der Waals surface area contributed by atoms with Crippen LogP contribution in [0, 0.1) is 12.8 Å². The summed E-state index contributed by atoms with van der Waals surface area (Å²) < 4.78 is 0. The van der Waals surface area contributed by atoms with Crippen molar-refractivity contribution in [2.45, 2.75) is 20.3 Å². The molecule has 100 valence electrons. The molecule has 0 aliphatic heterocycles. The Morgan fingerprint density at radius 1 is 1.44 bits per heavy atom. The smallest absolute Gasteiger partial charge is 0.225 e. The third-order valence-electron chi connectivity index (χ3n) is 2.61. The number of hydrogen-bond acceptors (Lipinski definition) is 3. The van der Waals surface area contributed by atoms with Crippen LogP contribution in [0.5, 0.6) is 0 Å². The van der Waals surface area contributed by atoms with Crippen molar-refractivity contribution < 1.29 is 9.90 Å². The molecule has 1 amide bonds. The molecule has 0 aliphatic rings. The molecule has 0 unspecified atom stereocenters. The van der Waals surface area contributed by atoms with Gasteiger partial charge in [-0.2, -0.15) is 11.8 Å². The van der Waals surface area contributed by atoms with Gasteiger partial charge >= 0.3 is 0 Å². The summed E-state index contributed by atoms with van der Waals surface area (Å²) in [6.45, 7) is 4.19. The van der Waals surface area contributed by atoms with Crippen molar-refractivity contribution in [2.24, 2.45) is 5.92 Å². The standard InChI is InChI=1S/C14H21NO2S/c1-11(9-16)10-18-8-7-14(17)15-13-6-4-3-5-12(13)2/h3-6,11,16H,7-10H2,1-2H3,(H,15,17)/t11-/m0/s1. The number of anilines is 1. The van der Waals surface area contributed by atoms with E-state index in [0.29, 0.717) is 12.3 Å². The first-order valence-electron chi connectivity index (χ1n) is 6.17. The van der Waals surface area contributed by atoms with E-state index in [9.17, 15) is 4.79 Å². The molecule has 0 fully saturated rings. The highest BCUT2D eigenvalue weighted by Gasteiger charge is 2.05. The molecular formula is C14H21NO2S. The second-order valence-electron chi connectivity index (χ2n) is 4.48. The van der Waals surface area contributed by atoms with E-state index >= 15 is 0 Å². The molecule has 0 heterocycles. The Morgan fingerprint density at radius 3 is 2.83 bits per heavy atom. The molecule has 1 aromatic rings. The highest BCUT2D eigenvalue weighted by Crippen LogP contribution is 2.14. The molecule has 0 saturated heterocycles. The van der Waals surface area contributed by atoms with E-state index in [1.807, 2.05) is 38.1 Å². The van der Waals surface area contributed by atoms with Crippen LogP contribution in [0.15, 0.2) is 24.3 Å². The number of carbonyl (C=O) groups excluding carboxylic acids is 1. The summed E-state index contributed by atoms with van der Waals surface area (Å²) in [5.74, 6) is 2.04. The normalized spacial score (nSPS) is 12.2. The Morgan fingerprint density at radius 2 is 2.17 bits per heavy atom. The van der Waals surface area contributed by atoms with Crippen molar-refractivity contribution in [1.29, 1.82) is 0 Å². The van der Waals surface area contributed by atoms with Crippen LogP contribution in [0.2, 0.25) is 0 Å². The number of aryl methyl sites for hydroxylation is 1. The summed E-state index contributed by atoms with van der Waals surface area (Å²) in [7, 11) is 0. The predicted molar refractivity (Wildman–Crippen MR) is 78.0 cm³/mol. The van der Waals surface area contributed by atoms with Crippen molar-refractivity contribution in [3.63, 3.8) is 0 Å². The number of carbonyl (C=O) groups is 1. The fraction of sp³-hybridized carbons (Fsp3) is 0.500. The number of aliphatic hydroxyl groups excluding tert-OH is 1. The summed E-state index contributed by atoms with van der Waals surface area (Å²) in [6.07, 6.45) is 0.511. The zero-order valence-electron chi connectivity index (χ0n) is 11.0. The van der Waals surface area contributed by atoms with Gasteiger partial charge < -0.3 is 10.4 Å². The van der Waals surface area contributed by atoms with Crippen LogP contribution in [0.1, 0.15) is 18.9 Å². The zero-order chi connectivity index (χ0) is 13.4. The topological polar surface area (TPSA) is 49.3 Å². The molecule has 1 aromatic carbocycles. The monoisotopic (exact) mass is 267 g/mol. The van der Waals surface area contributed by atoms with Gasteiger partial charge in [0.15, 0.2) is 0 Å². The van der Waals surface area contributed by atoms with Crippen molar-refractivity contribution in [3.8, 4) is 0 Å². The van der Waals surface area contributed by atoms with Crippen molar-refractivity contribution in [2.75, 3.05) is 23.4 Å². The van der Waals surface area contributed by atoms with E-state index in [4.69, 9.17) is 5.11 Å². The van der Waals surface area contributed by atoms with Crippen LogP contribution in [-0.4, -0.2) is 29.1 Å². The summed E-state index contributed by atoms with van der Waals surface area (Å²) in [5, 5.41) is 11.8. The molecule has 1 atom stereocenters. The van der Waals surface area contributed by atoms with Crippen LogP contribution in [0.25, 0.3) is 0 Å². The van der Waals surface area contributed by atoms with E-state index in [1.165, 1.54) is 0 Å². The third-order valence-corrected chi connectivity index (χ3v) is 3.90. The Labute approximate surface area is 113 Å². The average molecular weight is 267 g/mol. The number of aliphatic hydroxyl groups is 1. The molecular weight excluding hydrogens is 246 g/mol. The van der Waals surface area contributed by atoms with Gasteiger partial charge in [-0.1, -0.05) is 25.1 Å². The third kappa shape index (κ3) is 5.56. The number of thioether (sulfide) groups is 1. The van der Waals surface area contributed by atoms with E-state index < -0.39 is 0 Å². The van der Waals surface area contributed by atoms with Gasteiger partial charge in [-0.3, -0.25) is 4.79 Å². The van der Waals surface area contributed by atoms with Crippen molar-refractivity contribution in [3.05, 3.63) is 29.8 Å². The van der Waals surface area contributed by atoms with Gasteiger partial charge in [0, 0.05) is 24.5 Å². The Hall–Kier alpha value is -1.000. The molecule has 4 heteroatoms. The summed E-state index contributed by atoms with van der Waals surface area (Å²) >= 11 is 1.71. The lowest BCUT2D eigenvalue weighted by molar-refractivity contribution is -0.115. The highest BCUT2D eigenvalue weighted by atomic mass is 32.2. The lowest BCUT2D eigenvalue weighted by Crippen LogP contribution is -2.13. The zero-order valence-corrected chi connectivity index (χ0v) is 11.8. The first kappa shape index (κ1) is 15.1. The van der Waals surface area contributed by atoms with E-state index in [2.05, 4.69) is 5.32 Å². The maximum atomic E-state index is 11.7. The summed E-state index contributed by atoms with van der Waals surface area (Å²) in [4.78, 5) is 11.7. The molecule has 3 nitrogen and oxygen atoms in total. The number of amides is 1. The van der Waals surface area contributed by atoms with Gasteiger partial charge in [-0.05, 0) is 30.2 Å². The molecule has 0 bridgehead atoms. The average Bonchev–Trinajstić information content (AvgIpc) is 2.37. The molecule has 0 aliphatic carbocycles. The Bertz CT molecular complexity index is 382. The largest absolute Gasteiger partial charge is 0.396 e. The molecule has 0 aromatic heterocycles. The van der Waals surface area contributed by atoms with Gasteiger partial charge in [-0.15, -0.1) is 0 Å². The molecule has 18 heavy (non-hydrogen) atoms. The maximum Gasteiger partial charge on any atom is 0.225 e. The van der Waals surface area contributed by atoms with E-state index in [0.717, 1.165) is 22.8 Å². The van der Waals surface area contributed by atoms with Crippen LogP contribution in [0.3, 0.4) is 0 Å². The number of para-hydroxylation sites is 1. The second kappa shape index (κ2) is 8.16. The first-order valence-corrected chi connectivity index (χ1v) is 7.33. The van der Waals surface area contributed by atoms with Gasteiger partial charge in [0.2, 0.25) is 5.91 Å².